The summed E-state index contributed by atoms with van der Waals surface area (Å²) >= 11 is 0. The molecule has 0 radical (unpaired) electrons. The Kier molecular flexibility index (Phi) is 40.2. The molecule has 1 N–H and O–H groups in total. The Bertz CT molecular complexity index is 1130. The maximum absolute atomic E-state index is 12.7. The van der Waals surface area contributed by atoms with E-state index in [2.05, 4.69) is 74.6 Å². The molecule has 0 aromatic rings. The number of carbonyl (C=O) groups excluding carboxylic acids is 2. The first-order valence-corrected chi connectivity index (χ1v) is 24.1. The maximum atomic E-state index is 12.7. The largest absolute Gasteiger partial charge is 0.472 e. The molecule has 0 saturated heterocycles. The average molecular weight is 822 g/mol. The van der Waals surface area contributed by atoms with E-state index in [0.717, 1.165) is 57.8 Å². The Morgan fingerprint density at radius 2 is 0.965 bits per heavy atom. The number of nitrogens with zero attached hydrogens (tertiary/aromatic N) is 1. The van der Waals surface area contributed by atoms with Crippen molar-refractivity contribution in [3.8, 4) is 0 Å². The normalized spacial score (nSPS) is 13.9. The van der Waals surface area contributed by atoms with Gasteiger partial charge in [0, 0.05) is 19.4 Å². The summed E-state index contributed by atoms with van der Waals surface area (Å²) < 4.78 is 33.4. The van der Waals surface area contributed by atoms with Crippen molar-refractivity contribution in [1.29, 1.82) is 0 Å². The van der Waals surface area contributed by atoms with Crippen LogP contribution in [-0.2, 0) is 32.7 Å². The van der Waals surface area contributed by atoms with Gasteiger partial charge < -0.3 is 19.3 Å². The van der Waals surface area contributed by atoms with Crippen LogP contribution in [0.4, 0.5) is 0 Å². The molecule has 0 aromatic heterocycles. The number of esters is 2. The standard InChI is InChI=1S/C47H84NO8P/c1-5-7-9-11-13-15-17-19-21-23-25-27-29-31-33-35-37-39-46(49)53-43-45(44-55-57(51,52)54-42-41-48(3)4)56-47(50)40-38-36-34-32-30-28-26-24-22-20-18-16-14-12-10-8-6-2/h14,16,19-22,25,27,31,33,45H,5-13,15,17-18,23-24,26,28-30,32,34-44H2,1-4H3,(H,51,52)/b16-14-,21-19-,22-20-,27-25-,33-31-. The lowest BCUT2D eigenvalue weighted by atomic mass is 10.1. The fourth-order valence-electron chi connectivity index (χ4n) is 5.79. The summed E-state index contributed by atoms with van der Waals surface area (Å²) in [5.41, 5.74) is 0. The molecule has 2 unspecified atom stereocenters. The highest BCUT2D eigenvalue weighted by molar-refractivity contribution is 7.47. The van der Waals surface area contributed by atoms with Gasteiger partial charge in [0.2, 0.25) is 0 Å². The summed E-state index contributed by atoms with van der Waals surface area (Å²) in [6, 6.07) is 0. The Morgan fingerprint density at radius 3 is 1.49 bits per heavy atom. The molecule has 57 heavy (non-hydrogen) atoms. The Labute approximate surface area is 349 Å². The molecule has 0 bridgehead atoms. The summed E-state index contributed by atoms with van der Waals surface area (Å²) in [4.78, 5) is 37.0. The third kappa shape index (κ3) is 43.1. The molecule has 0 fully saturated rings. The summed E-state index contributed by atoms with van der Waals surface area (Å²) in [5.74, 6) is -0.875. The molecule has 0 aliphatic heterocycles. The number of phosphoric acid groups is 1. The van der Waals surface area contributed by atoms with Gasteiger partial charge in [-0.1, -0.05) is 152 Å². The van der Waals surface area contributed by atoms with Crippen molar-refractivity contribution in [2.75, 3.05) is 40.5 Å². The second-order valence-electron chi connectivity index (χ2n) is 15.2. The zero-order valence-corrected chi connectivity index (χ0v) is 37.7. The van der Waals surface area contributed by atoms with Crippen LogP contribution in [0.1, 0.15) is 181 Å². The van der Waals surface area contributed by atoms with E-state index < -0.39 is 32.5 Å². The van der Waals surface area contributed by atoms with Gasteiger partial charge in [0.1, 0.15) is 6.61 Å². The lowest BCUT2D eigenvalue weighted by molar-refractivity contribution is -0.161. The molecular formula is C47H84NO8P. The fraction of sp³-hybridized carbons (Fsp3) is 0.745. The van der Waals surface area contributed by atoms with E-state index in [0.29, 0.717) is 19.4 Å². The van der Waals surface area contributed by atoms with Crippen molar-refractivity contribution < 1.29 is 37.6 Å². The molecule has 0 aromatic carbocycles. The smallest absolute Gasteiger partial charge is 0.462 e. The minimum atomic E-state index is -4.38. The first-order chi connectivity index (χ1) is 27.7. The second-order valence-corrected chi connectivity index (χ2v) is 16.7. The number of hydrogen-bond donors (Lipinski definition) is 1. The lowest BCUT2D eigenvalue weighted by Gasteiger charge is -2.20. The third-order valence-corrected chi connectivity index (χ3v) is 10.3. The van der Waals surface area contributed by atoms with E-state index in [4.69, 9.17) is 18.5 Å². The number of ether oxygens (including phenoxy) is 2. The monoisotopic (exact) mass is 822 g/mol. The van der Waals surface area contributed by atoms with Crippen molar-refractivity contribution in [3.05, 3.63) is 60.8 Å². The van der Waals surface area contributed by atoms with Gasteiger partial charge >= 0.3 is 19.8 Å². The predicted molar refractivity (Wildman–Crippen MR) is 238 cm³/mol. The van der Waals surface area contributed by atoms with E-state index in [-0.39, 0.29) is 26.1 Å². The molecule has 0 aliphatic carbocycles. The second kappa shape index (κ2) is 41.9. The SMILES string of the molecule is CCCCC/C=C\C/C=C\CCCCCCCCCC(=O)OC(COC(=O)CCC/C=C\C/C=C\C/C=C\CCCCCCCC)COP(=O)(O)OCCN(C)C. The van der Waals surface area contributed by atoms with Crippen LogP contribution in [-0.4, -0.2) is 68.3 Å². The van der Waals surface area contributed by atoms with Crippen LogP contribution >= 0.6 is 7.82 Å². The third-order valence-electron chi connectivity index (χ3n) is 9.30. The minimum Gasteiger partial charge on any atom is -0.462 e. The van der Waals surface area contributed by atoms with E-state index in [1.165, 1.54) is 83.5 Å². The zero-order valence-electron chi connectivity index (χ0n) is 36.8. The van der Waals surface area contributed by atoms with Crippen molar-refractivity contribution in [2.24, 2.45) is 0 Å². The number of allylic oxidation sites excluding steroid dienone is 10. The predicted octanol–water partition coefficient (Wildman–Crippen LogP) is 13.1. The molecule has 0 aliphatic rings. The van der Waals surface area contributed by atoms with Crippen molar-refractivity contribution in [1.82, 2.24) is 4.90 Å². The summed E-state index contributed by atoms with van der Waals surface area (Å²) in [5, 5.41) is 0. The highest BCUT2D eigenvalue weighted by Crippen LogP contribution is 2.43. The molecule has 10 heteroatoms. The molecule has 0 rings (SSSR count). The van der Waals surface area contributed by atoms with Gasteiger partial charge in [0.15, 0.2) is 6.10 Å². The van der Waals surface area contributed by atoms with E-state index >= 15 is 0 Å². The van der Waals surface area contributed by atoms with Gasteiger partial charge in [0.25, 0.3) is 0 Å². The Morgan fingerprint density at radius 1 is 0.544 bits per heavy atom. The minimum absolute atomic E-state index is 0.00414. The van der Waals surface area contributed by atoms with Gasteiger partial charge in [-0.2, -0.15) is 0 Å². The quantitative estimate of drug-likeness (QED) is 0.0279. The van der Waals surface area contributed by atoms with Crippen LogP contribution < -0.4 is 0 Å². The Balaban J connectivity index is 4.37. The number of hydrogen-bond acceptors (Lipinski definition) is 8. The summed E-state index contributed by atoms with van der Waals surface area (Å²) in [6.45, 7) is 4.22. The van der Waals surface area contributed by atoms with Gasteiger partial charge in [0.05, 0.1) is 13.2 Å². The Hall–Kier alpha value is -2.29. The van der Waals surface area contributed by atoms with Crippen LogP contribution in [0.5, 0.6) is 0 Å². The molecular weight excluding hydrogens is 737 g/mol. The van der Waals surface area contributed by atoms with Crippen LogP contribution in [0.3, 0.4) is 0 Å². The van der Waals surface area contributed by atoms with Crippen molar-refractivity contribution in [3.63, 3.8) is 0 Å². The molecule has 0 heterocycles. The van der Waals surface area contributed by atoms with E-state index in [1.54, 1.807) is 0 Å². The van der Waals surface area contributed by atoms with Crippen LogP contribution in [0.15, 0.2) is 60.8 Å². The molecule has 9 nitrogen and oxygen atoms in total. The summed E-state index contributed by atoms with van der Waals surface area (Å²) in [6.07, 6.45) is 48.4. The van der Waals surface area contributed by atoms with Crippen LogP contribution in [0, 0.1) is 0 Å². The van der Waals surface area contributed by atoms with E-state index in [9.17, 15) is 19.0 Å². The first kappa shape index (κ1) is 54.7. The molecule has 2 atom stereocenters. The molecule has 0 saturated carbocycles. The number of rotatable bonds is 41. The highest BCUT2D eigenvalue weighted by Gasteiger charge is 2.26. The van der Waals surface area contributed by atoms with Crippen LogP contribution in [0.25, 0.3) is 0 Å². The number of phosphoric ester groups is 1. The van der Waals surface area contributed by atoms with Gasteiger partial charge in [-0.3, -0.25) is 18.6 Å². The number of likely N-dealkylation sites (N-methyl/N-ethyl adjacent to an activating group) is 1. The lowest BCUT2D eigenvalue weighted by Crippen LogP contribution is -2.29. The van der Waals surface area contributed by atoms with Crippen molar-refractivity contribution >= 4 is 19.8 Å². The van der Waals surface area contributed by atoms with E-state index in [1.807, 2.05) is 19.0 Å². The van der Waals surface area contributed by atoms with Gasteiger partial charge in [-0.05, 0) is 91.1 Å². The average Bonchev–Trinajstić information content (AvgIpc) is 3.18. The fourth-order valence-corrected chi connectivity index (χ4v) is 6.53. The first-order valence-electron chi connectivity index (χ1n) is 22.6. The summed E-state index contributed by atoms with van der Waals surface area (Å²) in [7, 11) is -0.742. The topological polar surface area (TPSA) is 112 Å². The maximum Gasteiger partial charge on any atom is 0.472 e. The van der Waals surface area contributed by atoms with Crippen LogP contribution in [0.2, 0.25) is 0 Å². The molecule has 330 valence electrons. The number of carbonyl (C=O) groups is 2. The van der Waals surface area contributed by atoms with Gasteiger partial charge in [-0.25, -0.2) is 4.57 Å². The molecule has 0 amide bonds. The highest BCUT2D eigenvalue weighted by atomic mass is 31.2. The van der Waals surface area contributed by atoms with Gasteiger partial charge in [-0.15, -0.1) is 0 Å². The molecule has 0 spiro atoms. The zero-order chi connectivity index (χ0) is 41.9. The number of unbranched alkanes of at least 4 members (excludes halogenated alkanes) is 17. The van der Waals surface area contributed by atoms with Crippen molar-refractivity contribution in [2.45, 2.75) is 187 Å².